The maximum Gasteiger partial charge on any atom is 0.310 e. The maximum absolute atomic E-state index is 12.6. The summed E-state index contributed by atoms with van der Waals surface area (Å²) >= 11 is 7.24. The Balaban J connectivity index is 1.69. The van der Waals surface area contributed by atoms with E-state index in [0.717, 1.165) is 21.8 Å². The largest absolute Gasteiger partial charge is 0.465 e. The summed E-state index contributed by atoms with van der Waals surface area (Å²) in [4.78, 5) is 12.6. The van der Waals surface area contributed by atoms with E-state index in [1.165, 1.54) is 22.3 Å². The van der Waals surface area contributed by atoms with Crippen LogP contribution in [0.2, 0.25) is 0 Å². The number of fused-ring (bicyclic) bond motifs is 4. The number of hydrogen-bond acceptors (Lipinski definition) is 2. The van der Waals surface area contributed by atoms with Gasteiger partial charge in [-0.3, -0.25) is 4.79 Å². The van der Waals surface area contributed by atoms with Gasteiger partial charge < -0.3 is 4.74 Å². The lowest BCUT2D eigenvalue weighted by Crippen LogP contribution is -2.35. The van der Waals surface area contributed by atoms with Gasteiger partial charge in [-0.15, -0.1) is 0 Å². The molecule has 2 aliphatic carbocycles. The third kappa shape index (κ3) is 2.61. The quantitative estimate of drug-likeness (QED) is 0.493. The van der Waals surface area contributed by atoms with Crippen LogP contribution >= 0.6 is 31.9 Å². The second-order valence-electron chi connectivity index (χ2n) is 7.47. The topological polar surface area (TPSA) is 26.3 Å². The van der Waals surface area contributed by atoms with E-state index in [9.17, 15) is 4.79 Å². The number of allylic oxidation sites excluding steroid dienone is 1. The van der Waals surface area contributed by atoms with E-state index in [-0.39, 0.29) is 23.7 Å². The smallest absolute Gasteiger partial charge is 0.310 e. The third-order valence-corrected chi connectivity index (χ3v) is 7.00. The van der Waals surface area contributed by atoms with Gasteiger partial charge in [-0.1, -0.05) is 62.2 Å². The van der Waals surface area contributed by atoms with Crippen LogP contribution in [0, 0.1) is 17.8 Å². The zero-order valence-corrected chi connectivity index (χ0v) is 17.3. The first-order chi connectivity index (χ1) is 12.6. The number of hydrogen-bond donors (Lipinski definition) is 0. The summed E-state index contributed by atoms with van der Waals surface area (Å²) in [6.07, 6.45) is 4.48. The predicted molar refractivity (Wildman–Crippen MR) is 109 cm³/mol. The first kappa shape index (κ1) is 16.8. The summed E-state index contributed by atoms with van der Waals surface area (Å²) in [5.74, 6) is 0.582. The molecular formula is C22H18Br2O2. The van der Waals surface area contributed by atoms with Crippen molar-refractivity contribution in [2.24, 2.45) is 17.8 Å². The van der Waals surface area contributed by atoms with Gasteiger partial charge in [-0.2, -0.15) is 0 Å². The Hall–Kier alpha value is -1.39. The maximum atomic E-state index is 12.6. The molecule has 4 atom stereocenters. The standard InChI is InChI=1S/C22H18Br2O2/c23-15-7-13(8-16(24)10-15)20-18-6-5-12-3-1-2-4-17(12)19(18)9-14-11-26-22(25)21(14)20/h1-4,7-10,14,18,20-21H,5-6,11H2/t14-,18-,20-,21+/m0/s1. The zero-order valence-electron chi connectivity index (χ0n) is 14.1. The molecule has 2 aromatic carbocycles. The highest BCUT2D eigenvalue weighted by molar-refractivity contribution is 9.11. The summed E-state index contributed by atoms with van der Waals surface area (Å²) in [7, 11) is 0. The first-order valence-corrected chi connectivity index (χ1v) is 10.6. The number of benzene rings is 2. The molecule has 1 aliphatic heterocycles. The van der Waals surface area contributed by atoms with Gasteiger partial charge in [0.2, 0.25) is 0 Å². The minimum Gasteiger partial charge on any atom is -0.465 e. The molecule has 2 aromatic rings. The lowest BCUT2D eigenvalue weighted by Gasteiger charge is -2.41. The Morgan fingerprint density at radius 3 is 2.58 bits per heavy atom. The van der Waals surface area contributed by atoms with Crippen LogP contribution in [-0.2, 0) is 16.0 Å². The first-order valence-electron chi connectivity index (χ1n) is 9.04. The summed E-state index contributed by atoms with van der Waals surface area (Å²) in [6.45, 7) is 0.507. The molecule has 0 bridgehead atoms. The average molecular weight is 474 g/mol. The molecule has 1 saturated heterocycles. The van der Waals surface area contributed by atoms with Crippen LogP contribution in [0.5, 0.6) is 0 Å². The molecule has 3 aliphatic rings. The fraction of sp³-hybridized carbons (Fsp3) is 0.318. The Morgan fingerprint density at radius 1 is 1.00 bits per heavy atom. The van der Waals surface area contributed by atoms with E-state index in [1.807, 2.05) is 6.07 Å². The molecule has 1 heterocycles. The molecule has 1 fully saturated rings. The highest BCUT2D eigenvalue weighted by Crippen LogP contribution is 2.54. The molecule has 0 N–H and O–H groups in total. The molecular weight excluding hydrogens is 456 g/mol. The van der Waals surface area contributed by atoms with Crippen molar-refractivity contribution in [3.05, 3.63) is 74.2 Å². The number of esters is 1. The molecule has 0 aromatic heterocycles. The van der Waals surface area contributed by atoms with E-state index >= 15 is 0 Å². The van der Waals surface area contributed by atoms with Gasteiger partial charge in [0.1, 0.15) is 0 Å². The van der Waals surface area contributed by atoms with Crippen molar-refractivity contribution >= 4 is 43.4 Å². The van der Waals surface area contributed by atoms with Gasteiger partial charge >= 0.3 is 5.97 Å². The van der Waals surface area contributed by atoms with Crippen molar-refractivity contribution in [1.29, 1.82) is 0 Å². The lowest BCUT2D eigenvalue weighted by molar-refractivity contribution is -0.142. The molecule has 0 radical (unpaired) electrons. The summed E-state index contributed by atoms with van der Waals surface area (Å²) < 4.78 is 7.58. The third-order valence-electron chi connectivity index (χ3n) is 6.09. The summed E-state index contributed by atoms with van der Waals surface area (Å²) in [5.41, 5.74) is 5.41. The van der Waals surface area contributed by atoms with E-state index in [2.05, 4.69) is 74.3 Å². The Labute approximate surface area is 169 Å². The normalized spacial score (nSPS) is 29.3. The van der Waals surface area contributed by atoms with Crippen molar-refractivity contribution in [3.63, 3.8) is 0 Å². The van der Waals surface area contributed by atoms with Crippen LogP contribution in [0.25, 0.3) is 5.57 Å². The molecule has 0 saturated carbocycles. The van der Waals surface area contributed by atoms with Crippen molar-refractivity contribution in [1.82, 2.24) is 0 Å². The van der Waals surface area contributed by atoms with Gasteiger partial charge in [0.25, 0.3) is 0 Å². The van der Waals surface area contributed by atoms with Crippen LogP contribution in [0.15, 0.2) is 57.5 Å². The fourth-order valence-corrected chi connectivity index (χ4v) is 6.41. The van der Waals surface area contributed by atoms with Crippen molar-refractivity contribution in [3.8, 4) is 0 Å². The molecule has 4 heteroatoms. The Morgan fingerprint density at radius 2 is 1.77 bits per heavy atom. The molecule has 132 valence electrons. The summed E-state index contributed by atoms with van der Waals surface area (Å²) in [6, 6.07) is 15.1. The van der Waals surface area contributed by atoms with Crippen LogP contribution in [-0.4, -0.2) is 12.6 Å². The number of rotatable bonds is 1. The number of cyclic esters (lactones) is 1. The second kappa shape index (κ2) is 6.35. The van der Waals surface area contributed by atoms with Crippen LogP contribution < -0.4 is 0 Å². The highest BCUT2D eigenvalue weighted by Gasteiger charge is 2.50. The summed E-state index contributed by atoms with van der Waals surface area (Å²) in [5, 5.41) is 0. The van der Waals surface area contributed by atoms with Gasteiger partial charge in [0, 0.05) is 20.8 Å². The molecule has 5 rings (SSSR count). The molecule has 0 amide bonds. The second-order valence-corrected chi connectivity index (χ2v) is 9.30. The SMILES string of the molecule is O=C1OC[C@@H]2C=C3c4ccccc4CC[C@@H]3[C@H](c3cc(Br)cc(Br)c3)[C@H]12. The van der Waals surface area contributed by atoms with E-state index in [0.29, 0.717) is 12.5 Å². The highest BCUT2D eigenvalue weighted by atomic mass is 79.9. The number of carbonyl (C=O) groups excluding carboxylic acids is 1. The zero-order chi connectivity index (χ0) is 17.8. The Bertz CT molecular complexity index is 913. The van der Waals surface area contributed by atoms with Crippen LogP contribution in [0.4, 0.5) is 0 Å². The average Bonchev–Trinajstić information content (AvgIpc) is 2.99. The van der Waals surface area contributed by atoms with Gasteiger partial charge in [0.05, 0.1) is 12.5 Å². The molecule has 2 nitrogen and oxygen atoms in total. The van der Waals surface area contributed by atoms with Crippen molar-refractivity contribution in [2.45, 2.75) is 18.8 Å². The molecule has 26 heavy (non-hydrogen) atoms. The fourth-order valence-electron chi connectivity index (χ4n) is 5.08. The monoisotopic (exact) mass is 472 g/mol. The molecule has 0 spiro atoms. The minimum absolute atomic E-state index is 0.0368. The van der Waals surface area contributed by atoms with Crippen molar-refractivity contribution in [2.75, 3.05) is 6.61 Å². The number of carbonyl (C=O) groups is 1. The molecule has 0 unspecified atom stereocenters. The predicted octanol–water partition coefficient (Wildman–Crippen LogP) is 5.74. The lowest BCUT2D eigenvalue weighted by atomic mass is 9.61. The van der Waals surface area contributed by atoms with Crippen LogP contribution in [0.3, 0.4) is 0 Å². The van der Waals surface area contributed by atoms with E-state index in [4.69, 9.17) is 4.74 Å². The van der Waals surface area contributed by atoms with Crippen molar-refractivity contribution < 1.29 is 9.53 Å². The number of halogens is 2. The van der Waals surface area contributed by atoms with Gasteiger partial charge in [-0.25, -0.2) is 0 Å². The Kier molecular flexibility index (Phi) is 4.09. The van der Waals surface area contributed by atoms with E-state index < -0.39 is 0 Å². The number of ether oxygens (including phenoxy) is 1. The van der Waals surface area contributed by atoms with Crippen LogP contribution in [0.1, 0.15) is 29.0 Å². The van der Waals surface area contributed by atoms with Gasteiger partial charge in [0.15, 0.2) is 0 Å². The minimum atomic E-state index is -0.0739. The van der Waals surface area contributed by atoms with Gasteiger partial charge in [-0.05, 0) is 59.2 Å². The van der Waals surface area contributed by atoms with E-state index in [1.54, 1.807) is 0 Å². The number of aryl methyl sites for hydroxylation is 1.